The summed E-state index contributed by atoms with van der Waals surface area (Å²) in [4.78, 5) is 14.1. The number of aromatic nitrogens is 1. The van der Waals surface area contributed by atoms with Crippen molar-refractivity contribution in [2.75, 3.05) is 11.4 Å². The highest BCUT2D eigenvalue weighted by Gasteiger charge is 2.25. The van der Waals surface area contributed by atoms with E-state index in [1.807, 2.05) is 19.9 Å². The molecule has 0 radical (unpaired) electrons. The second-order valence-corrected chi connectivity index (χ2v) is 5.70. The molecule has 0 saturated carbocycles. The minimum atomic E-state index is -0.317. The SMILES string of the molecule is Cc1noc(C)c1CCC(=O)N1CCCc2cccc(F)c21. The lowest BCUT2D eigenvalue weighted by Gasteiger charge is -2.29. The number of para-hydroxylation sites is 1. The van der Waals surface area contributed by atoms with Gasteiger partial charge in [-0.3, -0.25) is 4.79 Å². The number of hydrogen-bond acceptors (Lipinski definition) is 3. The highest BCUT2D eigenvalue weighted by atomic mass is 19.1. The Morgan fingerprint density at radius 1 is 1.41 bits per heavy atom. The van der Waals surface area contributed by atoms with E-state index in [1.54, 1.807) is 11.0 Å². The van der Waals surface area contributed by atoms with Crippen molar-refractivity contribution in [1.29, 1.82) is 0 Å². The summed E-state index contributed by atoms with van der Waals surface area (Å²) in [7, 11) is 0. The van der Waals surface area contributed by atoms with E-state index >= 15 is 0 Å². The van der Waals surface area contributed by atoms with E-state index in [9.17, 15) is 9.18 Å². The van der Waals surface area contributed by atoms with Crippen LogP contribution in [-0.4, -0.2) is 17.6 Å². The molecule has 1 aliphatic heterocycles. The average Bonchev–Trinajstić information content (AvgIpc) is 2.83. The first-order chi connectivity index (χ1) is 10.6. The Morgan fingerprint density at radius 3 is 2.95 bits per heavy atom. The zero-order valence-corrected chi connectivity index (χ0v) is 12.9. The van der Waals surface area contributed by atoms with Crippen LogP contribution in [-0.2, 0) is 17.6 Å². The van der Waals surface area contributed by atoms with Crippen molar-refractivity contribution in [3.63, 3.8) is 0 Å². The van der Waals surface area contributed by atoms with Gasteiger partial charge in [0.05, 0.1) is 11.4 Å². The van der Waals surface area contributed by atoms with Gasteiger partial charge in [0.1, 0.15) is 11.6 Å². The van der Waals surface area contributed by atoms with Crippen molar-refractivity contribution in [1.82, 2.24) is 5.16 Å². The van der Waals surface area contributed by atoms with Crippen LogP contribution in [0.3, 0.4) is 0 Å². The first-order valence-electron chi connectivity index (χ1n) is 7.57. The molecule has 0 fully saturated rings. The molecular formula is C17H19FN2O2. The summed E-state index contributed by atoms with van der Waals surface area (Å²) in [6.45, 7) is 4.29. The van der Waals surface area contributed by atoms with E-state index in [4.69, 9.17) is 4.52 Å². The Hall–Kier alpha value is -2.17. The molecule has 22 heavy (non-hydrogen) atoms. The van der Waals surface area contributed by atoms with Crippen LogP contribution < -0.4 is 4.90 Å². The van der Waals surface area contributed by atoms with E-state index in [2.05, 4.69) is 5.16 Å². The fraction of sp³-hybridized carbons (Fsp3) is 0.412. The molecular weight excluding hydrogens is 283 g/mol. The summed E-state index contributed by atoms with van der Waals surface area (Å²) in [6, 6.07) is 5.01. The van der Waals surface area contributed by atoms with E-state index < -0.39 is 0 Å². The van der Waals surface area contributed by atoms with Gasteiger partial charge in [-0.15, -0.1) is 0 Å². The van der Waals surface area contributed by atoms with Crippen molar-refractivity contribution in [2.24, 2.45) is 0 Å². The van der Waals surface area contributed by atoms with Crippen molar-refractivity contribution < 1.29 is 13.7 Å². The van der Waals surface area contributed by atoms with Gasteiger partial charge < -0.3 is 9.42 Å². The molecule has 5 heteroatoms. The summed E-state index contributed by atoms with van der Waals surface area (Å²) in [5.74, 6) is 0.379. The van der Waals surface area contributed by atoms with Crippen LogP contribution in [0, 0.1) is 19.7 Å². The number of halogens is 1. The molecule has 116 valence electrons. The van der Waals surface area contributed by atoms with Crippen LogP contribution in [0.2, 0.25) is 0 Å². The average molecular weight is 302 g/mol. The molecule has 1 aromatic heterocycles. The van der Waals surface area contributed by atoms with Crippen molar-refractivity contribution in [3.05, 3.63) is 46.6 Å². The van der Waals surface area contributed by atoms with E-state index in [0.717, 1.165) is 35.4 Å². The van der Waals surface area contributed by atoms with Crippen LogP contribution in [0.5, 0.6) is 0 Å². The van der Waals surface area contributed by atoms with Gasteiger partial charge in [-0.1, -0.05) is 17.3 Å². The quantitative estimate of drug-likeness (QED) is 0.873. The van der Waals surface area contributed by atoms with Crippen molar-refractivity contribution in [2.45, 2.75) is 39.5 Å². The second-order valence-electron chi connectivity index (χ2n) is 5.70. The third-order valence-electron chi connectivity index (χ3n) is 4.24. The number of fused-ring (bicyclic) bond motifs is 1. The standard InChI is InChI=1S/C17H19FN2O2/c1-11-14(12(2)22-19-11)8-9-16(21)20-10-4-6-13-5-3-7-15(18)17(13)20/h3,5,7H,4,6,8-10H2,1-2H3. The number of amides is 1. The van der Waals surface area contributed by atoms with Gasteiger partial charge in [-0.2, -0.15) is 0 Å². The van der Waals surface area contributed by atoms with Gasteiger partial charge in [-0.25, -0.2) is 4.39 Å². The minimum Gasteiger partial charge on any atom is -0.361 e. The zero-order chi connectivity index (χ0) is 15.7. The van der Waals surface area contributed by atoms with E-state index in [-0.39, 0.29) is 11.7 Å². The third kappa shape index (κ3) is 2.63. The second kappa shape index (κ2) is 5.91. The first kappa shape index (κ1) is 14.8. The molecule has 1 aromatic carbocycles. The van der Waals surface area contributed by atoms with Crippen LogP contribution >= 0.6 is 0 Å². The minimum absolute atomic E-state index is 0.0500. The summed E-state index contributed by atoms with van der Waals surface area (Å²) < 4.78 is 19.2. The molecule has 1 amide bonds. The Bertz CT molecular complexity index is 689. The first-order valence-corrected chi connectivity index (χ1v) is 7.57. The van der Waals surface area contributed by atoms with Gasteiger partial charge in [0.25, 0.3) is 0 Å². The number of aryl methyl sites for hydroxylation is 3. The lowest BCUT2D eigenvalue weighted by Crippen LogP contribution is -2.36. The number of hydrogen-bond donors (Lipinski definition) is 0. The fourth-order valence-electron chi connectivity index (χ4n) is 3.08. The molecule has 0 bridgehead atoms. The maximum atomic E-state index is 14.1. The lowest BCUT2D eigenvalue weighted by atomic mass is 10.00. The third-order valence-corrected chi connectivity index (χ3v) is 4.24. The predicted octanol–water partition coefficient (Wildman–Crippen LogP) is 3.34. The predicted molar refractivity (Wildman–Crippen MR) is 81.4 cm³/mol. The molecule has 0 N–H and O–H groups in total. The molecule has 2 heterocycles. The molecule has 0 saturated heterocycles. The number of anilines is 1. The topological polar surface area (TPSA) is 46.3 Å². The van der Waals surface area contributed by atoms with Gasteiger partial charge >= 0.3 is 0 Å². The van der Waals surface area contributed by atoms with Gasteiger partial charge in [0.15, 0.2) is 0 Å². The largest absolute Gasteiger partial charge is 0.361 e. The molecule has 0 unspecified atom stereocenters. The summed E-state index contributed by atoms with van der Waals surface area (Å²) >= 11 is 0. The number of rotatable bonds is 3. The smallest absolute Gasteiger partial charge is 0.227 e. The van der Waals surface area contributed by atoms with Gasteiger partial charge in [0, 0.05) is 18.5 Å². The Kier molecular flexibility index (Phi) is 3.96. The maximum absolute atomic E-state index is 14.1. The molecule has 0 spiro atoms. The van der Waals surface area contributed by atoms with Crippen LogP contribution in [0.15, 0.2) is 22.7 Å². The highest BCUT2D eigenvalue weighted by molar-refractivity contribution is 5.94. The Labute approximate surface area is 128 Å². The number of nitrogens with zero attached hydrogens (tertiary/aromatic N) is 2. The normalized spacial score (nSPS) is 14.0. The summed E-state index contributed by atoms with van der Waals surface area (Å²) in [5, 5.41) is 3.90. The fourth-order valence-corrected chi connectivity index (χ4v) is 3.08. The molecule has 0 atom stereocenters. The maximum Gasteiger partial charge on any atom is 0.227 e. The number of carbonyl (C=O) groups is 1. The molecule has 1 aliphatic rings. The van der Waals surface area contributed by atoms with Crippen LogP contribution in [0.4, 0.5) is 10.1 Å². The lowest BCUT2D eigenvalue weighted by molar-refractivity contribution is -0.118. The molecule has 4 nitrogen and oxygen atoms in total. The highest BCUT2D eigenvalue weighted by Crippen LogP contribution is 2.30. The van der Waals surface area contributed by atoms with Gasteiger partial charge in [-0.05, 0) is 44.7 Å². The number of carbonyl (C=O) groups excluding carboxylic acids is 1. The monoisotopic (exact) mass is 302 g/mol. The van der Waals surface area contributed by atoms with Gasteiger partial charge in [0.2, 0.25) is 5.91 Å². The Balaban J connectivity index is 1.77. The van der Waals surface area contributed by atoms with Crippen LogP contribution in [0.1, 0.15) is 35.4 Å². The molecule has 0 aliphatic carbocycles. The Morgan fingerprint density at radius 2 is 2.23 bits per heavy atom. The summed E-state index contributed by atoms with van der Waals surface area (Å²) in [5.41, 5.74) is 3.16. The van der Waals surface area contributed by atoms with E-state index in [0.29, 0.717) is 25.1 Å². The van der Waals surface area contributed by atoms with Crippen LogP contribution in [0.25, 0.3) is 0 Å². The zero-order valence-electron chi connectivity index (χ0n) is 12.9. The number of benzene rings is 1. The van der Waals surface area contributed by atoms with Crippen molar-refractivity contribution in [3.8, 4) is 0 Å². The molecule has 2 aromatic rings. The summed E-state index contributed by atoms with van der Waals surface area (Å²) in [6.07, 6.45) is 2.59. The van der Waals surface area contributed by atoms with Crippen molar-refractivity contribution >= 4 is 11.6 Å². The van der Waals surface area contributed by atoms with E-state index in [1.165, 1.54) is 6.07 Å². The molecule has 3 rings (SSSR count).